The van der Waals surface area contributed by atoms with E-state index >= 15 is 0 Å². The van der Waals surface area contributed by atoms with Crippen molar-refractivity contribution in [3.8, 4) is 17.1 Å². The van der Waals surface area contributed by atoms with E-state index in [0.717, 1.165) is 11.1 Å². The molecule has 1 atom stereocenters. The quantitative estimate of drug-likeness (QED) is 0.583. The predicted octanol–water partition coefficient (Wildman–Crippen LogP) is 2.64. The Labute approximate surface area is 181 Å². The molecule has 0 saturated carbocycles. The second-order valence-electron chi connectivity index (χ2n) is 7.30. The molecule has 0 fully saturated rings. The minimum Gasteiger partial charge on any atom is -0.497 e. The third-order valence-electron chi connectivity index (χ3n) is 5.14. The standard InChI is InChI=1S/C24H27N3O4/c1-16(19-10-7-11-20(14-19)31-3)25-22(29)15-27-23(18-8-5-4-6-9-18)26-17(2)21(12-13-28)24(27)30/h4-11,14,16,28H,12-13,15H2,1-3H3,(H,25,29). The van der Waals surface area contributed by atoms with Crippen molar-refractivity contribution in [2.24, 2.45) is 0 Å². The monoisotopic (exact) mass is 421 g/mol. The number of aliphatic hydroxyl groups is 1. The molecule has 7 nitrogen and oxygen atoms in total. The predicted molar refractivity (Wildman–Crippen MR) is 119 cm³/mol. The van der Waals surface area contributed by atoms with E-state index in [9.17, 15) is 14.7 Å². The van der Waals surface area contributed by atoms with Gasteiger partial charge >= 0.3 is 0 Å². The molecular formula is C24H27N3O4. The smallest absolute Gasteiger partial charge is 0.257 e. The lowest BCUT2D eigenvalue weighted by Gasteiger charge is -2.18. The number of hydrogen-bond acceptors (Lipinski definition) is 5. The van der Waals surface area contributed by atoms with Crippen LogP contribution >= 0.6 is 0 Å². The van der Waals surface area contributed by atoms with Crippen LogP contribution in [0, 0.1) is 6.92 Å². The van der Waals surface area contributed by atoms with Crippen LogP contribution in [0.25, 0.3) is 11.4 Å². The maximum absolute atomic E-state index is 13.2. The van der Waals surface area contributed by atoms with Gasteiger partial charge in [0.15, 0.2) is 0 Å². The summed E-state index contributed by atoms with van der Waals surface area (Å²) in [6, 6.07) is 16.5. The lowest BCUT2D eigenvalue weighted by atomic mass is 10.1. The Balaban J connectivity index is 1.92. The van der Waals surface area contributed by atoms with Gasteiger partial charge in [-0.3, -0.25) is 14.2 Å². The van der Waals surface area contributed by atoms with Crippen LogP contribution in [0.4, 0.5) is 0 Å². The minimum absolute atomic E-state index is 0.165. The molecule has 0 aliphatic carbocycles. The number of carbonyl (C=O) groups is 1. The number of methoxy groups -OCH3 is 1. The fraction of sp³-hybridized carbons (Fsp3) is 0.292. The van der Waals surface area contributed by atoms with Crippen LogP contribution in [0.15, 0.2) is 59.4 Å². The Morgan fingerprint density at radius 3 is 2.61 bits per heavy atom. The number of carbonyl (C=O) groups excluding carboxylic acids is 1. The Bertz CT molecular complexity index is 1110. The Morgan fingerprint density at radius 1 is 1.19 bits per heavy atom. The van der Waals surface area contributed by atoms with E-state index in [0.29, 0.717) is 22.8 Å². The second-order valence-corrected chi connectivity index (χ2v) is 7.30. The number of nitrogens with zero attached hydrogens (tertiary/aromatic N) is 2. The highest BCUT2D eigenvalue weighted by atomic mass is 16.5. The minimum atomic E-state index is -0.315. The number of amides is 1. The van der Waals surface area contributed by atoms with Crippen molar-refractivity contribution in [2.75, 3.05) is 13.7 Å². The van der Waals surface area contributed by atoms with Crippen LogP contribution in [0.1, 0.15) is 29.8 Å². The highest BCUT2D eigenvalue weighted by molar-refractivity contribution is 5.77. The normalized spacial score (nSPS) is 11.7. The average molecular weight is 421 g/mol. The molecule has 7 heteroatoms. The fourth-order valence-electron chi connectivity index (χ4n) is 3.48. The van der Waals surface area contributed by atoms with Crippen LogP contribution in [-0.4, -0.2) is 34.3 Å². The number of hydrogen-bond donors (Lipinski definition) is 2. The molecule has 3 rings (SSSR count). The van der Waals surface area contributed by atoms with Crippen LogP contribution in [-0.2, 0) is 17.8 Å². The van der Waals surface area contributed by atoms with Gasteiger partial charge in [0.2, 0.25) is 5.91 Å². The van der Waals surface area contributed by atoms with E-state index in [1.807, 2.05) is 61.5 Å². The lowest BCUT2D eigenvalue weighted by Crippen LogP contribution is -2.36. The molecule has 31 heavy (non-hydrogen) atoms. The van der Waals surface area contributed by atoms with E-state index < -0.39 is 0 Å². The van der Waals surface area contributed by atoms with E-state index in [2.05, 4.69) is 10.3 Å². The molecule has 0 aliphatic heterocycles. The molecule has 2 aromatic carbocycles. The summed E-state index contributed by atoms with van der Waals surface area (Å²) in [6.07, 6.45) is 0.189. The molecule has 1 unspecified atom stereocenters. The number of aromatic nitrogens is 2. The topological polar surface area (TPSA) is 93.4 Å². The van der Waals surface area contributed by atoms with E-state index in [1.54, 1.807) is 14.0 Å². The number of aryl methyl sites for hydroxylation is 1. The number of aliphatic hydroxyl groups excluding tert-OH is 1. The number of benzene rings is 2. The molecule has 1 amide bonds. The number of ether oxygens (including phenoxy) is 1. The van der Waals surface area contributed by atoms with Crippen LogP contribution < -0.4 is 15.6 Å². The van der Waals surface area contributed by atoms with Crippen LogP contribution in [0.2, 0.25) is 0 Å². The maximum atomic E-state index is 13.2. The molecule has 0 radical (unpaired) electrons. The summed E-state index contributed by atoms with van der Waals surface area (Å²) in [5.74, 6) is 0.821. The summed E-state index contributed by atoms with van der Waals surface area (Å²) in [5, 5.41) is 12.3. The summed E-state index contributed by atoms with van der Waals surface area (Å²) in [4.78, 5) is 30.6. The van der Waals surface area contributed by atoms with Crippen molar-refractivity contribution < 1.29 is 14.6 Å². The first-order valence-electron chi connectivity index (χ1n) is 10.1. The van der Waals surface area contributed by atoms with Gasteiger partial charge in [-0.15, -0.1) is 0 Å². The first kappa shape index (κ1) is 22.2. The maximum Gasteiger partial charge on any atom is 0.257 e. The Morgan fingerprint density at radius 2 is 1.94 bits per heavy atom. The summed E-state index contributed by atoms with van der Waals surface area (Å²) < 4.78 is 6.62. The molecule has 3 aromatic rings. The third-order valence-corrected chi connectivity index (χ3v) is 5.14. The van der Waals surface area contributed by atoms with E-state index in [4.69, 9.17) is 4.74 Å². The summed E-state index contributed by atoms with van der Waals surface area (Å²) in [7, 11) is 1.59. The number of rotatable bonds is 8. The zero-order valence-electron chi connectivity index (χ0n) is 18.0. The van der Waals surface area contributed by atoms with Crippen molar-refractivity contribution in [1.29, 1.82) is 0 Å². The highest BCUT2D eigenvalue weighted by Crippen LogP contribution is 2.20. The van der Waals surface area contributed by atoms with Gasteiger partial charge in [0.25, 0.3) is 5.56 Å². The molecule has 0 saturated heterocycles. The second kappa shape index (κ2) is 10.0. The molecule has 162 valence electrons. The van der Waals surface area contributed by atoms with Crippen molar-refractivity contribution in [1.82, 2.24) is 14.9 Å². The van der Waals surface area contributed by atoms with Gasteiger partial charge in [-0.25, -0.2) is 4.98 Å². The fourth-order valence-corrected chi connectivity index (χ4v) is 3.48. The largest absolute Gasteiger partial charge is 0.497 e. The van der Waals surface area contributed by atoms with Crippen molar-refractivity contribution in [3.63, 3.8) is 0 Å². The summed E-state index contributed by atoms with van der Waals surface area (Å²) in [6.45, 7) is 3.27. The lowest BCUT2D eigenvalue weighted by molar-refractivity contribution is -0.122. The van der Waals surface area contributed by atoms with E-state index in [1.165, 1.54) is 4.57 Å². The first-order chi connectivity index (χ1) is 14.9. The van der Waals surface area contributed by atoms with Gasteiger partial charge in [-0.2, -0.15) is 0 Å². The van der Waals surface area contributed by atoms with Gasteiger partial charge in [-0.05, 0) is 31.5 Å². The zero-order valence-corrected chi connectivity index (χ0v) is 18.0. The van der Waals surface area contributed by atoms with Gasteiger partial charge in [-0.1, -0.05) is 42.5 Å². The summed E-state index contributed by atoms with van der Waals surface area (Å²) in [5.41, 5.74) is 2.29. The van der Waals surface area contributed by atoms with Gasteiger partial charge in [0.05, 0.1) is 13.2 Å². The molecule has 2 N–H and O–H groups in total. The van der Waals surface area contributed by atoms with Gasteiger partial charge in [0.1, 0.15) is 18.1 Å². The zero-order chi connectivity index (χ0) is 22.4. The Kier molecular flexibility index (Phi) is 7.20. The molecule has 1 heterocycles. The molecular weight excluding hydrogens is 394 g/mol. The SMILES string of the molecule is COc1cccc(C(C)NC(=O)Cn2c(-c3ccccc3)nc(C)c(CCO)c2=O)c1. The average Bonchev–Trinajstić information content (AvgIpc) is 2.79. The van der Waals surface area contributed by atoms with Crippen molar-refractivity contribution in [3.05, 3.63) is 81.8 Å². The number of nitrogens with one attached hydrogen (secondary N) is 1. The molecule has 1 aromatic heterocycles. The molecule has 0 aliphatic rings. The van der Waals surface area contributed by atoms with E-state index in [-0.39, 0.29) is 37.1 Å². The third kappa shape index (κ3) is 5.19. The Hall–Kier alpha value is -3.45. The molecule has 0 spiro atoms. The van der Waals surface area contributed by atoms with Gasteiger partial charge in [0, 0.05) is 29.8 Å². The summed E-state index contributed by atoms with van der Waals surface area (Å²) >= 11 is 0. The van der Waals surface area contributed by atoms with Crippen molar-refractivity contribution >= 4 is 5.91 Å². The van der Waals surface area contributed by atoms with Crippen LogP contribution in [0.3, 0.4) is 0 Å². The van der Waals surface area contributed by atoms with Crippen LogP contribution in [0.5, 0.6) is 5.75 Å². The highest BCUT2D eigenvalue weighted by Gasteiger charge is 2.19. The molecule has 0 bridgehead atoms. The first-order valence-corrected chi connectivity index (χ1v) is 10.1. The van der Waals surface area contributed by atoms with Gasteiger partial charge < -0.3 is 15.2 Å². The van der Waals surface area contributed by atoms with Crippen molar-refractivity contribution in [2.45, 2.75) is 32.9 Å².